The number of carbonyl (C=O) groups excluding carboxylic acids is 1. The minimum Gasteiger partial charge on any atom is -0.295 e. The summed E-state index contributed by atoms with van der Waals surface area (Å²) in [5.41, 5.74) is 7.19. The van der Waals surface area contributed by atoms with Gasteiger partial charge in [0.2, 0.25) is 5.91 Å². The predicted molar refractivity (Wildman–Crippen MR) is 96.0 cm³/mol. The van der Waals surface area contributed by atoms with Crippen LogP contribution in [0.1, 0.15) is 11.9 Å². The summed E-state index contributed by atoms with van der Waals surface area (Å²) < 4.78 is 40.9. The van der Waals surface area contributed by atoms with Gasteiger partial charge in [-0.05, 0) is 34.1 Å². The molecular formula is C12H14BrFN8O6S. The van der Waals surface area contributed by atoms with Crippen LogP contribution in [0.25, 0.3) is 5.69 Å². The summed E-state index contributed by atoms with van der Waals surface area (Å²) in [6.07, 6.45) is -0.796. The number of hydrogen-bond donors (Lipinski definition) is 6. The molecule has 1 aliphatic heterocycles. The van der Waals surface area contributed by atoms with Crippen molar-refractivity contribution >= 4 is 32.0 Å². The van der Waals surface area contributed by atoms with E-state index in [1.54, 1.807) is 4.83 Å². The molecule has 1 aromatic heterocycles. The first-order valence-corrected chi connectivity index (χ1v) is 10.0. The Morgan fingerprint density at radius 3 is 2.86 bits per heavy atom. The van der Waals surface area contributed by atoms with Crippen molar-refractivity contribution in [1.29, 1.82) is 0 Å². The van der Waals surface area contributed by atoms with Crippen molar-refractivity contribution in [2.45, 2.75) is 12.2 Å². The summed E-state index contributed by atoms with van der Waals surface area (Å²) in [5.74, 6) is -2.06. The number of benzene rings is 1. The first kappa shape index (κ1) is 21.5. The van der Waals surface area contributed by atoms with Gasteiger partial charge < -0.3 is 0 Å². The van der Waals surface area contributed by atoms with Crippen LogP contribution in [0.5, 0.6) is 0 Å². The molecule has 0 bridgehead atoms. The number of hydroxylamine groups is 2. The summed E-state index contributed by atoms with van der Waals surface area (Å²) in [6.45, 7) is -0.369. The Kier molecular flexibility index (Phi) is 6.39. The molecule has 2 heterocycles. The quantitative estimate of drug-likeness (QED) is 0.224. The van der Waals surface area contributed by atoms with E-state index in [0.717, 1.165) is 10.6 Å². The normalized spacial score (nSPS) is 19.4. The van der Waals surface area contributed by atoms with Crippen LogP contribution >= 0.6 is 15.9 Å². The highest BCUT2D eigenvalue weighted by atomic mass is 79.9. The zero-order valence-electron chi connectivity index (χ0n) is 14.2. The second kappa shape index (κ2) is 8.63. The minimum absolute atomic E-state index is 0.0547. The van der Waals surface area contributed by atoms with Crippen molar-refractivity contribution in [2.75, 3.05) is 6.54 Å². The molecule has 0 radical (unpaired) electrons. The van der Waals surface area contributed by atoms with Crippen LogP contribution in [-0.2, 0) is 19.9 Å². The third-order valence-electron chi connectivity index (χ3n) is 3.59. The van der Waals surface area contributed by atoms with E-state index in [2.05, 4.69) is 37.4 Å². The monoisotopic (exact) mass is 496 g/mol. The highest BCUT2D eigenvalue weighted by molar-refractivity contribution is 9.10. The molecule has 1 amide bonds. The number of halogens is 2. The Balaban J connectivity index is 1.76. The standard InChI is InChI=1S/C12H14BrFN8O6S/c13-6-3-5(1-2-7(6)14)22-11(20-27-12(22)24)9-10(19-28-18-9)16-4-8(23)17-21-29(15,25)26/h1-3,9-10,16,18-19,21H,4H2,(H,17,23)(H2,15,25,26). The van der Waals surface area contributed by atoms with Crippen LogP contribution in [-0.4, -0.2) is 36.8 Å². The maximum Gasteiger partial charge on any atom is 0.446 e. The average Bonchev–Trinajstić information content (AvgIpc) is 3.26. The summed E-state index contributed by atoms with van der Waals surface area (Å²) in [5, 5.41) is 11.1. The van der Waals surface area contributed by atoms with Gasteiger partial charge >= 0.3 is 5.76 Å². The zero-order valence-corrected chi connectivity index (χ0v) is 16.6. The number of rotatable bonds is 7. The molecule has 2 atom stereocenters. The molecule has 7 N–H and O–H groups in total. The van der Waals surface area contributed by atoms with Crippen LogP contribution in [0.3, 0.4) is 0 Å². The summed E-state index contributed by atoms with van der Waals surface area (Å²) in [6, 6.07) is 3.03. The molecule has 0 spiro atoms. The van der Waals surface area contributed by atoms with E-state index in [1.165, 1.54) is 12.1 Å². The highest BCUT2D eigenvalue weighted by Crippen LogP contribution is 2.23. The molecule has 14 nitrogen and oxygen atoms in total. The highest BCUT2D eigenvalue weighted by Gasteiger charge is 2.35. The van der Waals surface area contributed by atoms with E-state index in [4.69, 9.17) is 14.6 Å². The molecule has 2 aromatic rings. The second-order valence-corrected chi connectivity index (χ2v) is 7.76. The van der Waals surface area contributed by atoms with Crippen molar-refractivity contribution in [1.82, 2.24) is 36.3 Å². The van der Waals surface area contributed by atoms with Crippen molar-refractivity contribution in [3.05, 3.63) is 44.9 Å². The van der Waals surface area contributed by atoms with E-state index in [0.29, 0.717) is 0 Å². The fraction of sp³-hybridized carbons (Fsp3) is 0.250. The Morgan fingerprint density at radius 1 is 1.41 bits per heavy atom. The SMILES string of the molecule is NS(=O)(=O)NNC(=O)CNC1NONC1c1noc(=O)n1-c1ccc(F)c(Br)c1. The van der Waals surface area contributed by atoms with Gasteiger partial charge in [0.15, 0.2) is 5.82 Å². The molecule has 1 saturated heterocycles. The minimum atomic E-state index is -4.10. The molecule has 3 rings (SSSR count). The zero-order chi connectivity index (χ0) is 21.2. The van der Waals surface area contributed by atoms with Crippen molar-refractivity contribution in [3.8, 4) is 5.69 Å². The number of hydrazine groups is 1. The molecule has 1 aromatic carbocycles. The lowest BCUT2D eigenvalue weighted by Crippen LogP contribution is -2.51. The molecular weight excluding hydrogens is 483 g/mol. The van der Waals surface area contributed by atoms with Gasteiger partial charge in [-0.1, -0.05) is 5.16 Å². The lowest BCUT2D eigenvalue weighted by atomic mass is 10.2. The van der Waals surface area contributed by atoms with Crippen LogP contribution in [0.2, 0.25) is 0 Å². The lowest BCUT2D eigenvalue weighted by Gasteiger charge is -2.17. The lowest BCUT2D eigenvalue weighted by molar-refractivity contribution is -0.121. The maximum absolute atomic E-state index is 13.5. The molecule has 1 aliphatic rings. The van der Waals surface area contributed by atoms with Gasteiger partial charge in [0.05, 0.1) is 16.7 Å². The van der Waals surface area contributed by atoms with Gasteiger partial charge in [0, 0.05) is 0 Å². The smallest absolute Gasteiger partial charge is 0.295 e. The Labute approximate surface area is 170 Å². The molecule has 29 heavy (non-hydrogen) atoms. The third-order valence-corrected chi connectivity index (χ3v) is 4.58. The van der Waals surface area contributed by atoms with Crippen LogP contribution in [0.4, 0.5) is 4.39 Å². The fourth-order valence-electron chi connectivity index (χ4n) is 2.35. The number of aromatic nitrogens is 2. The van der Waals surface area contributed by atoms with E-state index >= 15 is 0 Å². The van der Waals surface area contributed by atoms with E-state index in [1.807, 2.05) is 5.43 Å². The average molecular weight is 497 g/mol. The third kappa shape index (κ3) is 5.22. The first-order valence-electron chi connectivity index (χ1n) is 7.68. The largest absolute Gasteiger partial charge is 0.446 e. The van der Waals surface area contributed by atoms with E-state index in [-0.39, 0.29) is 22.5 Å². The predicted octanol–water partition coefficient (Wildman–Crippen LogP) is -2.45. The van der Waals surface area contributed by atoms with Gasteiger partial charge in [-0.2, -0.15) is 19.4 Å². The van der Waals surface area contributed by atoms with E-state index in [9.17, 15) is 22.4 Å². The van der Waals surface area contributed by atoms with Crippen LogP contribution in [0, 0.1) is 5.82 Å². The number of nitrogens with one attached hydrogen (secondary N) is 5. The van der Waals surface area contributed by atoms with Gasteiger partial charge in [-0.25, -0.2) is 23.8 Å². The van der Waals surface area contributed by atoms with E-state index < -0.39 is 39.9 Å². The number of nitrogens with zero attached hydrogens (tertiary/aromatic N) is 2. The summed E-state index contributed by atoms with van der Waals surface area (Å²) in [4.78, 5) is 30.3. The summed E-state index contributed by atoms with van der Waals surface area (Å²) >= 11 is 3.04. The number of nitrogens with two attached hydrogens (primary N) is 1. The van der Waals surface area contributed by atoms with Gasteiger partial charge in [-0.3, -0.25) is 20.1 Å². The molecule has 17 heteroatoms. The second-order valence-electron chi connectivity index (χ2n) is 5.61. The number of hydrogen-bond acceptors (Lipinski definition) is 10. The fourth-order valence-corrected chi connectivity index (χ4v) is 2.97. The molecule has 1 fully saturated rings. The Bertz CT molecular complexity index is 1070. The maximum atomic E-state index is 13.5. The Morgan fingerprint density at radius 2 is 2.17 bits per heavy atom. The first-order chi connectivity index (χ1) is 13.7. The van der Waals surface area contributed by atoms with Crippen LogP contribution in [0.15, 0.2) is 32.0 Å². The molecule has 158 valence electrons. The van der Waals surface area contributed by atoms with Gasteiger partial charge in [0.1, 0.15) is 18.0 Å². The van der Waals surface area contributed by atoms with Crippen molar-refractivity contribution < 1.29 is 27.1 Å². The van der Waals surface area contributed by atoms with Crippen molar-refractivity contribution in [2.24, 2.45) is 5.14 Å². The topological polar surface area (TPSA) is 195 Å². The summed E-state index contributed by atoms with van der Waals surface area (Å²) in [7, 11) is -4.10. The molecule has 0 saturated carbocycles. The van der Waals surface area contributed by atoms with Gasteiger partial charge in [-0.15, -0.1) is 4.83 Å². The molecule has 0 aliphatic carbocycles. The van der Waals surface area contributed by atoms with Crippen molar-refractivity contribution in [3.63, 3.8) is 0 Å². The molecule has 2 unspecified atom stereocenters. The number of carbonyl (C=O) groups is 1. The van der Waals surface area contributed by atoms with Crippen LogP contribution < -0.4 is 37.4 Å². The number of amides is 1. The Hall–Kier alpha value is -2.25. The van der Waals surface area contributed by atoms with Gasteiger partial charge in [0.25, 0.3) is 10.2 Å².